The number of benzene rings is 2. The molecule has 0 aliphatic heterocycles. The van der Waals surface area contributed by atoms with Gasteiger partial charge in [-0.2, -0.15) is 13.2 Å². The number of rotatable bonds is 5. The molecule has 140 valence electrons. The zero-order valence-corrected chi connectivity index (χ0v) is 14.5. The molecule has 4 N–H and O–H groups in total. The highest BCUT2D eigenvalue weighted by Gasteiger charge is 2.29. The minimum absolute atomic E-state index is 0.267. The van der Waals surface area contributed by atoms with Gasteiger partial charge in [0, 0.05) is 11.4 Å². The largest absolute Gasteiger partial charge is 0.416 e. The van der Waals surface area contributed by atoms with Gasteiger partial charge in [0.25, 0.3) is 0 Å². The molecule has 0 aliphatic rings. The van der Waals surface area contributed by atoms with Crippen LogP contribution in [0.25, 0.3) is 0 Å². The molecule has 0 saturated carbocycles. The second-order valence-electron chi connectivity index (χ2n) is 5.82. The molecule has 0 atom stereocenters. The number of hydrogen-bond donors (Lipinski definition) is 3. The lowest BCUT2D eigenvalue weighted by Gasteiger charge is -2.14. The fourth-order valence-corrected chi connectivity index (χ4v) is 2.55. The number of nitrogen functional groups attached to an aromatic ring is 1. The smallest absolute Gasteiger partial charge is 0.393 e. The van der Waals surface area contributed by atoms with Crippen molar-refractivity contribution in [2.24, 2.45) is 0 Å². The maximum atomic E-state index is 12.7. The van der Waals surface area contributed by atoms with Crippen LogP contribution in [0, 0.1) is 0 Å². The first kappa shape index (κ1) is 18.5. The molecule has 2 aromatic carbocycles. The topological polar surface area (TPSA) is 75.9 Å². The normalized spacial score (nSPS) is 11.3. The summed E-state index contributed by atoms with van der Waals surface area (Å²) < 4.78 is 38.0. The van der Waals surface area contributed by atoms with Gasteiger partial charge in [0.2, 0.25) is 0 Å². The van der Waals surface area contributed by atoms with Crippen molar-refractivity contribution < 1.29 is 13.2 Å². The number of hydrogen-bond acceptors (Lipinski definition) is 5. The van der Waals surface area contributed by atoms with Crippen LogP contribution in [0.15, 0.2) is 54.9 Å². The third kappa shape index (κ3) is 4.28. The summed E-state index contributed by atoms with van der Waals surface area (Å²) in [5, 5.41) is 6.10. The Kier molecular flexibility index (Phi) is 5.16. The molecular weight excluding hydrogens is 355 g/mol. The van der Waals surface area contributed by atoms with Crippen molar-refractivity contribution in [3.63, 3.8) is 0 Å². The summed E-state index contributed by atoms with van der Waals surface area (Å²) in [5.74, 6) is 0.724. The summed E-state index contributed by atoms with van der Waals surface area (Å²) in [5.41, 5.74) is 8.11. The van der Waals surface area contributed by atoms with E-state index in [9.17, 15) is 13.2 Å². The van der Waals surface area contributed by atoms with E-state index < -0.39 is 11.7 Å². The Hall–Kier alpha value is -3.29. The Bertz CT molecular complexity index is 923. The van der Waals surface area contributed by atoms with Gasteiger partial charge in [0.15, 0.2) is 11.6 Å². The quantitative estimate of drug-likeness (QED) is 0.578. The summed E-state index contributed by atoms with van der Waals surface area (Å²) in [6.07, 6.45) is -2.21. The van der Waals surface area contributed by atoms with Crippen molar-refractivity contribution in [3.05, 3.63) is 66.0 Å². The van der Waals surface area contributed by atoms with Crippen LogP contribution in [0.4, 0.5) is 41.9 Å². The molecule has 1 aromatic heterocycles. The van der Waals surface area contributed by atoms with E-state index >= 15 is 0 Å². The van der Waals surface area contributed by atoms with Gasteiger partial charge in [-0.25, -0.2) is 9.97 Å². The van der Waals surface area contributed by atoms with Crippen LogP contribution >= 0.6 is 0 Å². The molecular formula is C19H18F3N5. The van der Waals surface area contributed by atoms with E-state index in [1.807, 2.05) is 31.2 Å². The number of nitrogens with one attached hydrogen (secondary N) is 2. The fourth-order valence-electron chi connectivity index (χ4n) is 2.55. The van der Waals surface area contributed by atoms with Crippen molar-refractivity contribution in [1.29, 1.82) is 0 Å². The number of nitrogens with zero attached hydrogens (tertiary/aromatic N) is 2. The number of anilines is 5. The number of aromatic nitrogens is 2. The zero-order chi connectivity index (χ0) is 19.4. The van der Waals surface area contributed by atoms with E-state index in [0.29, 0.717) is 17.3 Å². The lowest BCUT2D eigenvalue weighted by Crippen LogP contribution is -2.07. The highest BCUT2D eigenvalue weighted by atomic mass is 19.4. The molecule has 0 aliphatic carbocycles. The van der Waals surface area contributed by atoms with Gasteiger partial charge >= 0.3 is 6.18 Å². The Labute approximate surface area is 154 Å². The predicted molar refractivity (Wildman–Crippen MR) is 100 cm³/mol. The molecule has 0 amide bonds. The third-order valence-electron chi connectivity index (χ3n) is 4.01. The van der Waals surface area contributed by atoms with Gasteiger partial charge in [-0.1, -0.05) is 25.1 Å². The van der Waals surface area contributed by atoms with Crippen molar-refractivity contribution in [3.8, 4) is 0 Å². The van der Waals surface area contributed by atoms with Crippen molar-refractivity contribution >= 4 is 28.7 Å². The fraction of sp³-hybridized carbons (Fsp3) is 0.158. The standard InChI is InChI=1S/C19H18F3N5/c1-2-12-5-3-4-6-15(12)27-18-16(23)17(24-11-25-18)26-14-9-7-13(8-10-14)19(20,21)22/h3-11H,2,23H2,1H3,(H2,24,25,26,27). The number of nitrogens with two attached hydrogens (primary N) is 1. The number of aryl methyl sites for hydroxylation is 1. The van der Waals surface area contributed by atoms with Gasteiger partial charge in [-0.15, -0.1) is 0 Å². The van der Waals surface area contributed by atoms with Gasteiger partial charge in [0.05, 0.1) is 5.56 Å². The first-order valence-corrected chi connectivity index (χ1v) is 8.28. The van der Waals surface area contributed by atoms with E-state index in [0.717, 1.165) is 29.8 Å². The molecule has 0 radical (unpaired) electrons. The summed E-state index contributed by atoms with van der Waals surface area (Å²) in [7, 11) is 0. The average molecular weight is 373 g/mol. The maximum absolute atomic E-state index is 12.7. The molecule has 0 spiro atoms. The lowest BCUT2D eigenvalue weighted by atomic mass is 10.1. The van der Waals surface area contributed by atoms with E-state index in [4.69, 9.17) is 5.73 Å². The highest BCUT2D eigenvalue weighted by molar-refractivity contribution is 5.80. The van der Waals surface area contributed by atoms with E-state index in [-0.39, 0.29) is 5.69 Å². The Morgan fingerprint density at radius 1 is 0.926 bits per heavy atom. The first-order chi connectivity index (χ1) is 12.9. The van der Waals surface area contributed by atoms with Crippen LogP contribution in [-0.4, -0.2) is 9.97 Å². The molecule has 0 bridgehead atoms. The Morgan fingerprint density at radius 2 is 1.56 bits per heavy atom. The molecule has 8 heteroatoms. The van der Waals surface area contributed by atoms with Gasteiger partial charge in [-0.05, 0) is 42.3 Å². The molecule has 0 saturated heterocycles. The highest BCUT2D eigenvalue weighted by Crippen LogP contribution is 2.32. The van der Waals surface area contributed by atoms with Crippen LogP contribution in [0.3, 0.4) is 0 Å². The van der Waals surface area contributed by atoms with E-state index in [1.54, 1.807) is 0 Å². The van der Waals surface area contributed by atoms with Gasteiger partial charge in [-0.3, -0.25) is 0 Å². The minimum atomic E-state index is -4.38. The SMILES string of the molecule is CCc1ccccc1Nc1ncnc(Nc2ccc(C(F)(F)F)cc2)c1N. The molecule has 3 aromatic rings. The third-order valence-corrected chi connectivity index (χ3v) is 4.01. The van der Waals surface area contributed by atoms with E-state index in [2.05, 4.69) is 20.6 Å². The van der Waals surface area contributed by atoms with Gasteiger partial charge in [0.1, 0.15) is 12.0 Å². The van der Waals surface area contributed by atoms with Crippen molar-refractivity contribution in [1.82, 2.24) is 9.97 Å². The van der Waals surface area contributed by atoms with Crippen LogP contribution in [0.2, 0.25) is 0 Å². The molecule has 1 heterocycles. The minimum Gasteiger partial charge on any atom is -0.393 e. The number of para-hydroxylation sites is 1. The summed E-state index contributed by atoms with van der Waals surface area (Å²) in [4.78, 5) is 8.24. The summed E-state index contributed by atoms with van der Waals surface area (Å²) in [6.45, 7) is 2.04. The molecule has 3 rings (SSSR count). The van der Waals surface area contributed by atoms with Crippen LogP contribution in [0.5, 0.6) is 0 Å². The Balaban J connectivity index is 1.83. The monoisotopic (exact) mass is 373 g/mol. The maximum Gasteiger partial charge on any atom is 0.416 e. The predicted octanol–water partition coefficient (Wildman–Crippen LogP) is 5.13. The average Bonchev–Trinajstić information content (AvgIpc) is 2.65. The second kappa shape index (κ2) is 7.53. The van der Waals surface area contributed by atoms with Crippen molar-refractivity contribution in [2.45, 2.75) is 19.5 Å². The second-order valence-corrected chi connectivity index (χ2v) is 5.82. The zero-order valence-electron chi connectivity index (χ0n) is 14.5. The Morgan fingerprint density at radius 3 is 2.19 bits per heavy atom. The molecule has 0 unspecified atom stereocenters. The van der Waals surface area contributed by atoms with Crippen LogP contribution in [-0.2, 0) is 12.6 Å². The summed E-state index contributed by atoms with van der Waals surface area (Å²) in [6, 6.07) is 12.4. The van der Waals surface area contributed by atoms with Crippen LogP contribution < -0.4 is 16.4 Å². The first-order valence-electron chi connectivity index (χ1n) is 8.28. The molecule has 5 nitrogen and oxygen atoms in total. The lowest BCUT2D eigenvalue weighted by molar-refractivity contribution is -0.137. The molecule has 0 fully saturated rings. The van der Waals surface area contributed by atoms with Crippen molar-refractivity contribution in [2.75, 3.05) is 16.4 Å². The summed E-state index contributed by atoms with van der Waals surface area (Å²) >= 11 is 0. The number of alkyl halides is 3. The van der Waals surface area contributed by atoms with Crippen LogP contribution in [0.1, 0.15) is 18.1 Å². The van der Waals surface area contributed by atoms with E-state index in [1.165, 1.54) is 18.5 Å². The number of halogens is 3. The van der Waals surface area contributed by atoms with Gasteiger partial charge < -0.3 is 16.4 Å². The molecule has 27 heavy (non-hydrogen) atoms.